The van der Waals surface area contributed by atoms with Gasteiger partial charge in [0.25, 0.3) is 5.56 Å². The molecule has 1 fully saturated rings. The largest absolute Gasteiger partial charge is 0.330 e. The maximum atomic E-state index is 12.4. The molecule has 0 unspecified atom stereocenters. The second-order valence-electron chi connectivity index (χ2n) is 6.34. The predicted octanol–water partition coefficient (Wildman–Crippen LogP) is 2.06. The van der Waals surface area contributed by atoms with Crippen molar-refractivity contribution in [2.75, 3.05) is 11.9 Å². The van der Waals surface area contributed by atoms with Crippen LogP contribution in [0.25, 0.3) is 11.4 Å². The highest BCUT2D eigenvalue weighted by Gasteiger charge is 2.31. The van der Waals surface area contributed by atoms with Crippen molar-refractivity contribution in [2.45, 2.75) is 26.2 Å². The van der Waals surface area contributed by atoms with Crippen LogP contribution in [-0.4, -0.2) is 22.4 Å². The molecule has 0 bridgehead atoms. The van der Waals surface area contributed by atoms with Gasteiger partial charge in [0.1, 0.15) is 5.82 Å². The number of aromatic amines is 1. The van der Waals surface area contributed by atoms with Gasteiger partial charge >= 0.3 is 0 Å². The van der Waals surface area contributed by atoms with Gasteiger partial charge in [0.15, 0.2) is 0 Å². The summed E-state index contributed by atoms with van der Waals surface area (Å²) in [6.45, 7) is 2.34. The fourth-order valence-corrected chi connectivity index (χ4v) is 3.33. The maximum absolute atomic E-state index is 12.4. The first-order chi connectivity index (χ1) is 11.6. The Morgan fingerprint density at radius 3 is 2.75 bits per heavy atom. The number of nitrogens with zero attached hydrogens (tertiary/aromatic N) is 1. The number of carbonyl (C=O) groups excluding carboxylic acids is 1. The van der Waals surface area contributed by atoms with Gasteiger partial charge in [-0.1, -0.05) is 6.42 Å². The van der Waals surface area contributed by atoms with Crippen molar-refractivity contribution in [3.05, 3.63) is 46.4 Å². The molecule has 1 aliphatic rings. The number of anilines is 1. The SMILES string of the molecule is Cc1cc(=O)[nH]c(-c2ccc(NC(=O)[C@@H]3CCC[C@@H]3CN)cc2)n1. The zero-order valence-electron chi connectivity index (χ0n) is 13.7. The second-order valence-corrected chi connectivity index (χ2v) is 6.34. The van der Waals surface area contributed by atoms with E-state index >= 15 is 0 Å². The molecule has 126 valence electrons. The smallest absolute Gasteiger partial charge is 0.251 e. The number of H-pyrrole nitrogens is 1. The molecule has 1 amide bonds. The van der Waals surface area contributed by atoms with Gasteiger partial charge in [-0.15, -0.1) is 0 Å². The number of benzene rings is 1. The zero-order chi connectivity index (χ0) is 17.1. The molecule has 1 aromatic heterocycles. The number of hydrogen-bond acceptors (Lipinski definition) is 4. The minimum absolute atomic E-state index is 0.00414. The molecule has 24 heavy (non-hydrogen) atoms. The highest BCUT2D eigenvalue weighted by atomic mass is 16.2. The first kappa shape index (κ1) is 16.4. The van der Waals surface area contributed by atoms with Crippen molar-refractivity contribution in [3.63, 3.8) is 0 Å². The molecule has 2 aromatic rings. The average molecular weight is 326 g/mol. The van der Waals surface area contributed by atoms with Gasteiger partial charge in [0, 0.05) is 28.9 Å². The van der Waals surface area contributed by atoms with Crippen LogP contribution in [0.1, 0.15) is 25.0 Å². The molecule has 1 aromatic carbocycles. The molecule has 1 heterocycles. The lowest BCUT2D eigenvalue weighted by Crippen LogP contribution is -2.29. The lowest BCUT2D eigenvalue weighted by atomic mass is 9.95. The number of aromatic nitrogens is 2. The molecule has 0 radical (unpaired) electrons. The van der Waals surface area contributed by atoms with Gasteiger partial charge in [-0.2, -0.15) is 0 Å². The van der Waals surface area contributed by atoms with Crippen LogP contribution in [0.15, 0.2) is 35.1 Å². The van der Waals surface area contributed by atoms with Gasteiger partial charge in [-0.25, -0.2) is 4.98 Å². The molecule has 2 atom stereocenters. The summed E-state index contributed by atoms with van der Waals surface area (Å²) in [5.41, 5.74) is 7.78. The first-order valence-electron chi connectivity index (χ1n) is 8.26. The second kappa shape index (κ2) is 6.97. The summed E-state index contributed by atoms with van der Waals surface area (Å²) in [5.74, 6) is 0.852. The van der Waals surface area contributed by atoms with E-state index in [2.05, 4.69) is 15.3 Å². The number of nitrogens with one attached hydrogen (secondary N) is 2. The van der Waals surface area contributed by atoms with Crippen LogP contribution < -0.4 is 16.6 Å². The molecule has 6 nitrogen and oxygen atoms in total. The number of rotatable bonds is 4. The van der Waals surface area contributed by atoms with Crippen LogP contribution in [0.2, 0.25) is 0 Å². The van der Waals surface area contributed by atoms with E-state index in [0.717, 1.165) is 30.5 Å². The fourth-order valence-electron chi connectivity index (χ4n) is 3.33. The Bertz CT molecular complexity index is 782. The molecule has 4 N–H and O–H groups in total. The van der Waals surface area contributed by atoms with E-state index < -0.39 is 0 Å². The summed E-state index contributed by atoms with van der Waals surface area (Å²) in [6.07, 6.45) is 2.99. The van der Waals surface area contributed by atoms with Crippen molar-refractivity contribution in [1.29, 1.82) is 0 Å². The quantitative estimate of drug-likeness (QED) is 0.800. The van der Waals surface area contributed by atoms with Crippen molar-refractivity contribution in [3.8, 4) is 11.4 Å². The van der Waals surface area contributed by atoms with Crippen molar-refractivity contribution < 1.29 is 4.79 Å². The Labute approximate surface area is 140 Å². The molecular formula is C18H22N4O2. The van der Waals surface area contributed by atoms with Crippen molar-refractivity contribution in [2.24, 2.45) is 17.6 Å². The standard InChI is InChI=1S/C18H22N4O2/c1-11-9-16(23)22-17(20-11)12-5-7-14(8-6-12)21-18(24)15-4-2-3-13(15)10-19/h5-9,13,15H,2-4,10,19H2,1H3,(H,21,24)(H,20,22,23)/t13-,15-/m1/s1. The number of aryl methyl sites for hydroxylation is 1. The van der Waals surface area contributed by atoms with E-state index in [1.54, 1.807) is 6.92 Å². The summed E-state index contributed by atoms with van der Waals surface area (Å²) < 4.78 is 0. The van der Waals surface area contributed by atoms with Crippen LogP contribution in [0, 0.1) is 18.8 Å². The van der Waals surface area contributed by atoms with E-state index in [-0.39, 0.29) is 23.3 Å². The molecule has 6 heteroatoms. The fraction of sp³-hybridized carbons (Fsp3) is 0.389. The highest BCUT2D eigenvalue weighted by molar-refractivity contribution is 5.93. The van der Waals surface area contributed by atoms with Gasteiger partial charge in [-0.3, -0.25) is 9.59 Å². The maximum Gasteiger partial charge on any atom is 0.251 e. The Kier molecular flexibility index (Phi) is 4.76. The van der Waals surface area contributed by atoms with Gasteiger partial charge in [0.2, 0.25) is 5.91 Å². The number of carbonyl (C=O) groups is 1. The third-order valence-corrected chi connectivity index (χ3v) is 4.59. The number of nitrogens with two attached hydrogens (primary N) is 1. The van der Waals surface area contributed by atoms with E-state index in [9.17, 15) is 9.59 Å². The minimum atomic E-state index is -0.177. The average Bonchev–Trinajstić information content (AvgIpc) is 3.03. The van der Waals surface area contributed by atoms with Crippen LogP contribution in [0.3, 0.4) is 0 Å². The summed E-state index contributed by atoms with van der Waals surface area (Å²) >= 11 is 0. The molecule has 1 aliphatic carbocycles. The van der Waals surface area contributed by atoms with Crippen LogP contribution >= 0.6 is 0 Å². The first-order valence-corrected chi connectivity index (χ1v) is 8.26. The molecule has 1 saturated carbocycles. The zero-order valence-corrected chi connectivity index (χ0v) is 13.7. The summed E-state index contributed by atoms with van der Waals surface area (Å²) in [5, 5.41) is 2.96. The summed E-state index contributed by atoms with van der Waals surface area (Å²) in [7, 11) is 0. The summed E-state index contributed by atoms with van der Waals surface area (Å²) in [4.78, 5) is 31.0. The molecule has 0 aliphatic heterocycles. The van der Waals surface area contributed by atoms with E-state index in [0.29, 0.717) is 18.1 Å². The van der Waals surface area contributed by atoms with E-state index in [1.165, 1.54) is 6.07 Å². The molecule has 0 spiro atoms. The monoisotopic (exact) mass is 326 g/mol. The molecule has 0 saturated heterocycles. The molecular weight excluding hydrogens is 304 g/mol. The van der Waals surface area contributed by atoms with Crippen LogP contribution in [-0.2, 0) is 4.79 Å². The van der Waals surface area contributed by atoms with Gasteiger partial charge < -0.3 is 16.0 Å². The number of amides is 1. The van der Waals surface area contributed by atoms with E-state index in [1.807, 2.05) is 24.3 Å². The normalized spacial score (nSPS) is 20.1. The van der Waals surface area contributed by atoms with Crippen molar-refractivity contribution in [1.82, 2.24) is 9.97 Å². The summed E-state index contributed by atoms with van der Waals surface area (Å²) in [6, 6.07) is 8.77. The Morgan fingerprint density at radius 2 is 2.08 bits per heavy atom. The lowest BCUT2D eigenvalue weighted by Gasteiger charge is -2.17. The molecule has 3 rings (SSSR count). The Balaban J connectivity index is 1.72. The third kappa shape index (κ3) is 3.54. The van der Waals surface area contributed by atoms with Crippen LogP contribution in [0.4, 0.5) is 5.69 Å². The Hall–Kier alpha value is -2.47. The highest BCUT2D eigenvalue weighted by Crippen LogP contribution is 2.32. The lowest BCUT2D eigenvalue weighted by molar-refractivity contribution is -0.120. The topological polar surface area (TPSA) is 101 Å². The minimum Gasteiger partial charge on any atom is -0.330 e. The predicted molar refractivity (Wildman–Crippen MR) is 93.5 cm³/mol. The van der Waals surface area contributed by atoms with E-state index in [4.69, 9.17) is 5.73 Å². The van der Waals surface area contributed by atoms with Gasteiger partial charge in [-0.05, 0) is 56.5 Å². The van der Waals surface area contributed by atoms with Crippen LogP contribution in [0.5, 0.6) is 0 Å². The third-order valence-electron chi connectivity index (χ3n) is 4.59. The Morgan fingerprint density at radius 1 is 1.33 bits per heavy atom. The van der Waals surface area contributed by atoms with Crippen molar-refractivity contribution >= 4 is 11.6 Å². The van der Waals surface area contributed by atoms with Gasteiger partial charge in [0.05, 0.1) is 0 Å². The number of hydrogen-bond donors (Lipinski definition) is 3.